The van der Waals surface area contributed by atoms with Gasteiger partial charge in [0.05, 0.1) is 5.69 Å². The van der Waals surface area contributed by atoms with Crippen LogP contribution in [0.1, 0.15) is 36.2 Å². The van der Waals surface area contributed by atoms with E-state index in [0.717, 1.165) is 56.8 Å². The lowest BCUT2D eigenvalue weighted by atomic mass is 9.96. The first-order chi connectivity index (χ1) is 11.7. The van der Waals surface area contributed by atoms with Gasteiger partial charge in [-0.15, -0.1) is 0 Å². The molecule has 0 spiro atoms. The van der Waals surface area contributed by atoms with Crippen LogP contribution in [0.3, 0.4) is 0 Å². The fraction of sp³-hybridized carbons (Fsp3) is 0.556. The van der Waals surface area contributed by atoms with Crippen molar-refractivity contribution < 1.29 is 0 Å². The highest BCUT2D eigenvalue weighted by Gasteiger charge is 2.25. The number of piperidine rings is 1. The summed E-state index contributed by atoms with van der Waals surface area (Å²) < 4.78 is 1.62. The van der Waals surface area contributed by atoms with Gasteiger partial charge in [0.25, 0.3) is 5.56 Å². The summed E-state index contributed by atoms with van der Waals surface area (Å²) >= 11 is 0. The Labute approximate surface area is 141 Å². The SMILES string of the molecule is Cc1ccc(=O)n(CC2CCN(c3ncnc4c3CCC4)CC2)n1. The summed E-state index contributed by atoms with van der Waals surface area (Å²) in [4.78, 5) is 23.3. The Morgan fingerprint density at radius 3 is 2.83 bits per heavy atom. The molecule has 6 nitrogen and oxygen atoms in total. The van der Waals surface area contributed by atoms with Crippen LogP contribution >= 0.6 is 0 Å². The molecule has 4 rings (SSSR count). The van der Waals surface area contributed by atoms with E-state index in [1.165, 1.54) is 17.7 Å². The summed E-state index contributed by atoms with van der Waals surface area (Å²) in [5.41, 5.74) is 3.48. The normalized spacial score (nSPS) is 18.0. The van der Waals surface area contributed by atoms with Crippen LogP contribution in [0.25, 0.3) is 0 Å². The molecule has 0 atom stereocenters. The molecule has 0 aromatic carbocycles. The average Bonchev–Trinajstić information content (AvgIpc) is 3.08. The molecule has 1 aliphatic carbocycles. The van der Waals surface area contributed by atoms with Crippen LogP contribution < -0.4 is 10.5 Å². The van der Waals surface area contributed by atoms with Crippen LogP contribution in [-0.4, -0.2) is 32.8 Å². The molecule has 126 valence electrons. The quantitative estimate of drug-likeness (QED) is 0.860. The Balaban J connectivity index is 1.43. The van der Waals surface area contributed by atoms with Crippen molar-refractivity contribution in [3.8, 4) is 0 Å². The molecule has 0 N–H and O–H groups in total. The second-order valence-corrected chi connectivity index (χ2v) is 6.90. The second-order valence-electron chi connectivity index (χ2n) is 6.90. The lowest BCUT2D eigenvalue weighted by Crippen LogP contribution is -2.37. The zero-order valence-electron chi connectivity index (χ0n) is 14.1. The van der Waals surface area contributed by atoms with Crippen LogP contribution in [0.4, 0.5) is 5.82 Å². The Hall–Kier alpha value is -2.24. The summed E-state index contributed by atoms with van der Waals surface area (Å²) in [6.07, 6.45) is 7.24. The zero-order chi connectivity index (χ0) is 16.5. The third-order valence-corrected chi connectivity index (χ3v) is 5.20. The van der Waals surface area contributed by atoms with E-state index in [4.69, 9.17) is 0 Å². The monoisotopic (exact) mass is 325 g/mol. The summed E-state index contributed by atoms with van der Waals surface area (Å²) in [5, 5.41) is 4.36. The third-order valence-electron chi connectivity index (χ3n) is 5.20. The molecule has 0 saturated carbocycles. The van der Waals surface area contributed by atoms with E-state index in [9.17, 15) is 4.79 Å². The minimum absolute atomic E-state index is 0.00310. The Kier molecular flexibility index (Phi) is 4.04. The van der Waals surface area contributed by atoms with Gasteiger partial charge in [0.2, 0.25) is 0 Å². The van der Waals surface area contributed by atoms with Gasteiger partial charge < -0.3 is 4.90 Å². The number of anilines is 1. The molecular weight excluding hydrogens is 302 g/mol. The number of aromatic nitrogens is 4. The van der Waals surface area contributed by atoms with Crippen LogP contribution in [0.2, 0.25) is 0 Å². The van der Waals surface area contributed by atoms with Crippen molar-refractivity contribution in [1.29, 1.82) is 0 Å². The van der Waals surface area contributed by atoms with Crippen LogP contribution in [-0.2, 0) is 19.4 Å². The van der Waals surface area contributed by atoms with Crippen LogP contribution in [0.15, 0.2) is 23.3 Å². The molecule has 2 aliphatic rings. The molecule has 0 unspecified atom stereocenters. The lowest BCUT2D eigenvalue weighted by Gasteiger charge is -2.33. The van der Waals surface area contributed by atoms with Gasteiger partial charge in [-0.2, -0.15) is 5.10 Å². The van der Waals surface area contributed by atoms with Crippen molar-refractivity contribution in [3.63, 3.8) is 0 Å². The van der Waals surface area contributed by atoms with Gasteiger partial charge >= 0.3 is 0 Å². The van der Waals surface area contributed by atoms with Gasteiger partial charge in [0.15, 0.2) is 0 Å². The first-order valence-electron chi connectivity index (χ1n) is 8.83. The minimum atomic E-state index is -0.00310. The third kappa shape index (κ3) is 2.92. The van der Waals surface area contributed by atoms with E-state index < -0.39 is 0 Å². The summed E-state index contributed by atoms with van der Waals surface area (Å²) in [5.74, 6) is 1.64. The first kappa shape index (κ1) is 15.3. The standard InChI is InChI=1S/C18H23N5O/c1-13-5-6-17(24)23(21-13)11-14-7-9-22(10-8-14)18-15-3-2-4-16(15)19-12-20-18/h5-6,12,14H,2-4,7-11H2,1H3. The molecule has 0 radical (unpaired) electrons. The Morgan fingerprint density at radius 2 is 2.00 bits per heavy atom. The van der Waals surface area contributed by atoms with Gasteiger partial charge in [-0.25, -0.2) is 14.6 Å². The van der Waals surface area contributed by atoms with Gasteiger partial charge in [-0.3, -0.25) is 4.79 Å². The van der Waals surface area contributed by atoms with Crippen molar-refractivity contribution in [1.82, 2.24) is 19.7 Å². The molecular formula is C18H23N5O. The molecule has 0 bridgehead atoms. The van der Waals surface area contributed by atoms with Crippen molar-refractivity contribution in [2.75, 3.05) is 18.0 Å². The van der Waals surface area contributed by atoms with Crippen molar-refractivity contribution >= 4 is 5.82 Å². The fourth-order valence-corrected chi connectivity index (χ4v) is 3.87. The molecule has 1 aliphatic heterocycles. The predicted octanol–water partition coefficient (Wildman–Crippen LogP) is 1.75. The molecule has 3 heterocycles. The highest BCUT2D eigenvalue weighted by atomic mass is 16.1. The molecule has 2 aromatic rings. The summed E-state index contributed by atoms with van der Waals surface area (Å²) in [6.45, 7) is 4.63. The van der Waals surface area contributed by atoms with Crippen LogP contribution in [0.5, 0.6) is 0 Å². The topological polar surface area (TPSA) is 63.9 Å². The Morgan fingerprint density at radius 1 is 1.17 bits per heavy atom. The smallest absolute Gasteiger partial charge is 0.266 e. The van der Waals surface area contributed by atoms with Gasteiger partial charge in [-0.05, 0) is 51.0 Å². The second kappa shape index (κ2) is 6.34. The number of rotatable bonds is 3. The molecule has 1 saturated heterocycles. The maximum absolute atomic E-state index is 11.9. The average molecular weight is 325 g/mol. The highest BCUT2D eigenvalue weighted by Crippen LogP contribution is 2.30. The number of fused-ring (bicyclic) bond motifs is 1. The molecule has 6 heteroatoms. The number of hydrogen-bond donors (Lipinski definition) is 0. The minimum Gasteiger partial charge on any atom is -0.356 e. The predicted molar refractivity (Wildman–Crippen MR) is 92.2 cm³/mol. The van der Waals surface area contributed by atoms with E-state index in [1.807, 2.05) is 6.92 Å². The van der Waals surface area contributed by atoms with E-state index in [0.29, 0.717) is 5.92 Å². The molecule has 1 fully saturated rings. The first-order valence-corrected chi connectivity index (χ1v) is 8.83. The molecule has 0 amide bonds. The fourth-order valence-electron chi connectivity index (χ4n) is 3.87. The van der Waals surface area contributed by atoms with E-state index >= 15 is 0 Å². The van der Waals surface area contributed by atoms with Crippen LogP contribution in [0, 0.1) is 12.8 Å². The lowest BCUT2D eigenvalue weighted by molar-refractivity contribution is 0.333. The maximum atomic E-state index is 11.9. The molecule has 2 aromatic heterocycles. The zero-order valence-corrected chi connectivity index (χ0v) is 14.1. The highest BCUT2D eigenvalue weighted by molar-refractivity contribution is 5.50. The van der Waals surface area contributed by atoms with E-state index in [1.54, 1.807) is 23.1 Å². The van der Waals surface area contributed by atoms with E-state index in [2.05, 4.69) is 20.0 Å². The maximum Gasteiger partial charge on any atom is 0.266 e. The van der Waals surface area contributed by atoms with E-state index in [-0.39, 0.29) is 5.56 Å². The Bertz CT molecular complexity index is 792. The largest absolute Gasteiger partial charge is 0.356 e. The van der Waals surface area contributed by atoms with Gasteiger partial charge in [-0.1, -0.05) is 0 Å². The number of nitrogens with zero attached hydrogens (tertiary/aromatic N) is 5. The van der Waals surface area contributed by atoms with Crippen molar-refractivity contribution in [2.24, 2.45) is 5.92 Å². The number of hydrogen-bond acceptors (Lipinski definition) is 5. The summed E-state index contributed by atoms with van der Waals surface area (Å²) in [7, 11) is 0. The molecule has 24 heavy (non-hydrogen) atoms. The summed E-state index contributed by atoms with van der Waals surface area (Å²) in [6, 6.07) is 3.39. The van der Waals surface area contributed by atoms with Crippen molar-refractivity contribution in [2.45, 2.75) is 45.6 Å². The van der Waals surface area contributed by atoms with Gasteiger partial charge in [0.1, 0.15) is 12.1 Å². The van der Waals surface area contributed by atoms with Gasteiger partial charge in [0, 0.05) is 37.0 Å². The number of aryl methyl sites for hydroxylation is 2. The van der Waals surface area contributed by atoms with Crippen molar-refractivity contribution in [3.05, 3.63) is 45.8 Å².